The number of aromatic nitrogens is 4. The van der Waals surface area contributed by atoms with Crippen molar-refractivity contribution in [3.8, 4) is 0 Å². The molecule has 2 aromatic rings. The maximum atomic E-state index is 12.7. The third-order valence-corrected chi connectivity index (χ3v) is 14.0. The topological polar surface area (TPSA) is 347 Å². The summed E-state index contributed by atoms with van der Waals surface area (Å²) in [7, 11) is -16.3. The monoisotopic (exact) mass is 963 g/mol. The highest BCUT2D eigenvalue weighted by Crippen LogP contribution is 2.61. The van der Waals surface area contributed by atoms with Crippen molar-refractivity contribution >= 4 is 64.0 Å². The number of aliphatic hydroxyl groups is 2. The van der Waals surface area contributed by atoms with E-state index < -0.39 is 78.6 Å². The lowest BCUT2D eigenvalue weighted by molar-refractivity contribution is -0.137. The van der Waals surface area contributed by atoms with Gasteiger partial charge in [-0.15, -0.1) is 0 Å². The van der Waals surface area contributed by atoms with Crippen molar-refractivity contribution < 1.29 is 75.7 Å². The number of anilines is 1. The number of ether oxygens (including phenoxy) is 1. The molecule has 1 saturated heterocycles. The van der Waals surface area contributed by atoms with Gasteiger partial charge in [0.25, 0.3) is 0 Å². The van der Waals surface area contributed by atoms with Gasteiger partial charge in [0.1, 0.15) is 36.3 Å². The second-order valence-electron chi connectivity index (χ2n) is 15.6. The number of nitrogens with zero attached hydrogens (tertiary/aromatic N) is 4. The highest BCUT2D eigenvalue weighted by Gasteiger charge is 2.50. The van der Waals surface area contributed by atoms with E-state index in [0.717, 1.165) is 35.1 Å². The molecule has 2 amide bonds. The van der Waals surface area contributed by atoms with E-state index in [1.54, 1.807) is 11.8 Å². The van der Waals surface area contributed by atoms with Crippen LogP contribution in [-0.4, -0.2) is 123 Å². The van der Waals surface area contributed by atoms with Crippen LogP contribution in [0, 0.1) is 5.41 Å². The maximum Gasteiger partial charge on any atom is 0.481 e. The largest absolute Gasteiger partial charge is 0.481 e. The van der Waals surface area contributed by atoms with Gasteiger partial charge in [0.05, 0.1) is 19.5 Å². The first kappa shape index (κ1) is 54.2. The van der Waals surface area contributed by atoms with E-state index in [2.05, 4.69) is 41.3 Å². The predicted molar refractivity (Wildman–Crippen MR) is 228 cm³/mol. The van der Waals surface area contributed by atoms with E-state index in [1.165, 1.54) is 84.5 Å². The number of aliphatic hydroxyl groups excluding tert-OH is 2. The number of hydrogen-bond donors (Lipinski definition) is 9. The number of imidazole rings is 1. The molecule has 1 fully saturated rings. The molecule has 3 rings (SSSR count). The maximum absolute atomic E-state index is 12.7. The number of thioether (sulfide) groups is 1. The normalized spacial score (nSPS) is 20.8. The Kier molecular flexibility index (Phi) is 22.9. The first-order valence-corrected chi connectivity index (χ1v) is 26.3. The molecule has 7 atom stereocenters. The lowest BCUT2D eigenvalue weighted by atomic mass is 9.87. The second-order valence-corrected chi connectivity index (χ2v) is 21.0. The molecule has 1 aliphatic rings. The van der Waals surface area contributed by atoms with Crippen LogP contribution in [0.4, 0.5) is 5.82 Å². The molecule has 62 heavy (non-hydrogen) atoms. The van der Waals surface area contributed by atoms with Crippen molar-refractivity contribution in [1.82, 2.24) is 30.2 Å². The smallest absolute Gasteiger partial charge is 0.386 e. The second kappa shape index (κ2) is 26.1. The van der Waals surface area contributed by atoms with Crippen LogP contribution in [0.2, 0.25) is 0 Å². The molecule has 0 aliphatic carbocycles. The minimum absolute atomic E-state index is 0.0321. The van der Waals surface area contributed by atoms with Crippen molar-refractivity contribution in [2.24, 2.45) is 5.41 Å². The molecule has 0 bridgehead atoms. The SMILES string of the molecule is CCCCCCCCCCCCCCSCCNC(=O)CCNC(=O)[C@H](O)C(C)(C)COP(=O)(O)OP(=O)(O)OC[C@H]1O[C@@H](n2cnc3c(N)ncnc32)[C@H](O)[C@@H]1OP(=O)(O)O. The Morgan fingerprint density at radius 3 is 2.15 bits per heavy atom. The van der Waals surface area contributed by atoms with Crippen LogP contribution in [0.1, 0.15) is 110 Å². The summed E-state index contributed by atoms with van der Waals surface area (Å²) >= 11 is 1.77. The predicted octanol–water partition coefficient (Wildman–Crippen LogP) is 3.84. The summed E-state index contributed by atoms with van der Waals surface area (Å²) in [5, 5.41) is 26.7. The Bertz CT molecular complexity index is 1840. The Morgan fingerprint density at radius 1 is 0.903 bits per heavy atom. The molecule has 1 aliphatic heterocycles. The van der Waals surface area contributed by atoms with E-state index in [1.807, 2.05) is 0 Å². The highest BCUT2D eigenvalue weighted by atomic mass is 32.2. The number of hydrogen-bond acceptors (Lipinski definition) is 17. The van der Waals surface area contributed by atoms with Crippen molar-refractivity contribution in [2.45, 2.75) is 135 Å². The lowest BCUT2D eigenvalue weighted by Crippen LogP contribution is -2.46. The van der Waals surface area contributed by atoms with Crippen molar-refractivity contribution in [3.05, 3.63) is 12.7 Å². The summed E-state index contributed by atoms with van der Waals surface area (Å²) in [6.07, 6.45) is 8.83. The lowest BCUT2D eigenvalue weighted by Gasteiger charge is -2.30. The van der Waals surface area contributed by atoms with Gasteiger partial charge in [0.15, 0.2) is 17.7 Å². The van der Waals surface area contributed by atoms with E-state index in [9.17, 15) is 53.1 Å². The van der Waals surface area contributed by atoms with Gasteiger partial charge in [-0.1, -0.05) is 91.4 Å². The van der Waals surface area contributed by atoms with Crippen LogP contribution in [0.5, 0.6) is 0 Å². The number of fused-ring (bicyclic) bond motifs is 1. The first-order chi connectivity index (χ1) is 29.2. The minimum atomic E-state index is -5.55. The molecular weight excluding hydrogens is 899 g/mol. The fourth-order valence-corrected chi connectivity index (χ4v) is 10.0. The molecular formula is C35H64N7O16P3S. The first-order valence-electron chi connectivity index (χ1n) is 20.6. The molecule has 0 aromatic carbocycles. The van der Waals surface area contributed by atoms with Gasteiger partial charge in [-0.3, -0.25) is 27.7 Å². The Morgan fingerprint density at radius 2 is 1.52 bits per heavy atom. The van der Waals surface area contributed by atoms with Crippen LogP contribution in [-0.2, 0) is 45.9 Å². The summed E-state index contributed by atoms with van der Waals surface area (Å²) in [5.41, 5.74) is 4.34. The number of nitrogen functional groups attached to an aromatic ring is 1. The van der Waals surface area contributed by atoms with Gasteiger partial charge in [0, 0.05) is 30.7 Å². The molecule has 0 saturated carbocycles. The zero-order chi connectivity index (χ0) is 46.0. The number of nitrogens with one attached hydrogen (secondary N) is 2. The number of phosphoric ester groups is 3. The number of nitrogens with two attached hydrogens (primary N) is 1. The van der Waals surface area contributed by atoms with Gasteiger partial charge in [-0.2, -0.15) is 16.1 Å². The number of phosphoric acid groups is 3. The van der Waals surface area contributed by atoms with Gasteiger partial charge < -0.3 is 50.9 Å². The van der Waals surface area contributed by atoms with Crippen molar-refractivity contribution in [1.29, 1.82) is 0 Å². The Balaban J connectivity index is 1.34. The number of rotatable bonds is 32. The summed E-state index contributed by atoms with van der Waals surface area (Å²) in [4.78, 5) is 76.0. The molecule has 0 spiro atoms. The molecule has 356 valence electrons. The van der Waals surface area contributed by atoms with Gasteiger partial charge in [0.2, 0.25) is 11.8 Å². The Labute approximate surface area is 365 Å². The molecule has 0 radical (unpaired) electrons. The zero-order valence-electron chi connectivity index (χ0n) is 35.4. The summed E-state index contributed by atoms with van der Waals surface area (Å²) < 4.78 is 62.4. The summed E-state index contributed by atoms with van der Waals surface area (Å²) in [5.74, 6) is 0.531. The number of carbonyl (C=O) groups excluding carboxylic acids is 2. The van der Waals surface area contributed by atoms with Crippen molar-refractivity contribution in [3.63, 3.8) is 0 Å². The average Bonchev–Trinajstić information content (AvgIpc) is 3.75. The highest BCUT2D eigenvalue weighted by molar-refractivity contribution is 7.99. The third kappa shape index (κ3) is 19.2. The zero-order valence-corrected chi connectivity index (χ0v) is 38.9. The number of unbranched alkanes of at least 4 members (excludes halogenated alkanes) is 11. The molecule has 3 heterocycles. The van der Waals surface area contributed by atoms with E-state index >= 15 is 0 Å². The van der Waals surface area contributed by atoms with E-state index in [0.29, 0.717) is 6.54 Å². The van der Waals surface area contributed by atoms with Crippen molar-refractivity contribution in [2.75, 3.05) is 43.5 Å². The van der Waals surface area contributed by atoms with Gasteiger partial charge in [-0.25, -0.2) is 28.6 Å². The summed E-state index contributed by atoms with van der Waals surface area (Å²) in [6, 6.07) is 0. The fourth-order valence-electron chi connectivity index (χ4n) is 6.35. The van der Waals surface area contributed by atoms with E-state index in [-0.39, 0.29) is 35.9 Å². The van der Waals surface area contributed by atoms with E-state index in [4.69, 9.17) is 19.5 Å². The molecule has 27 heteroatoms. The number of amides is 2. The molecule has 23 nitrogen and oxygen atoms in total. The standard InChI is InChI=1S/C35H64N7O16P3S/c1-4-5-6-7-8-9-10-11-12-13-14-15-19-62-20-18-37-26(43)16-17-38-33(46)30(45)35(2,3)22-55-61(52,53)58-60(50,51)54-21-25-29(57-59(47,48)49)28(44)34(56-25)42-24-41-27-31(36)39-23-40-32(27)42/h23-25,28-30,34,44-45H,4-22H2,1-3H3,(H,37,43)(H,38,46)(H,50,51)(H,52,53)(H2,36,39,40)(H2,47,48,49)/t25-,28-,29-,30+,34-/m1/s1. The molecule has 10 N–H and O–H groups in total. The van der Waals surface area contributed by atoms with Gasteiger partial charge >= 0.3 is 23.5 Å². The van der Waals surface area contributed by atoms with Crippen LogP contribution in [0.3, 0.4) is 0 Å². The summed E-state index contributed by atoms with van der Waals surface area (Å²) in [6.45, 7) is 3.21. The van der Waals surface area contributed by atoms with Gasteiger partial charge in [-0.05, 0) is 12.2 Å². The van der Waals surface area contributed by atoms with Crippen LogP contribution < -0.4 is 16.4 Å². The fraction of sp³-hybridized carbons (Fsp3) is 0.800. The quantitative estimate of drug-likeness (QED) is 0.0371. The third-order valence-electron chi connectivity index (χ3n) is 9.79. The Hall–Kier alpha value is -2.11. The molecule has 2 unspecified atom stereocenters. The van der Waals surface area contributed by atoms with Crippen LogP contribution in [0.25, 0.3) is 11.2 Å². The average molecular weight is 964 g/mol. The number of carbonyl (C=O) groups is 2. The van der Waals surface area contributed by atoms with Crippen LogP contribution in [0.15, 0.2) is 12.7 Å². The molecule has 2 aromatic heterocycles. The van der Waals surface area contributed by atoms with Crippen LogP contribution >= 0.6 is 35.2 Å². The minimum Gasteiger partial charge on any atom is -0.386 e.